The number of aromatic amines is 1. The highest BCUT2D eigenvalue weighted by Crippen LogP contribution is 2.31. The van der Waals surface area contributed by atoms with E-state index < -0.39 is 18.3 Å². The van der Waals surface area contributed by atoms with Gasteiger partial charge >= 0.3 is 6.61 Å². The number of halogens is 3. The van der Waals surface area contributed by atoms with Crippen LogP contribution in [0.15, 0.2) is 36.4 Å². The zero-order chi connectivity index (χ0) is 18.0. The van der Waals surface area contributed by atoms with Gasteiger partial charge in [-0.1, -0.05) is 0 Å². The molecule has 1 heterocycles. The quantitative estimate of drug-likeness (QED) is 0.757. The molecule has 0 radical (unpaired) electrons. The summed E-state index contributed by atoms with van der Waals surface area (Å²) in [7, 11) is 0. The highest BCUT2D eigenvalue weighted by Gasteiger charge is 2.17. The van der Waals surface area contributed by atoms with E-state index in [0.717, 1.165) is 18.2 Å². The lowest BCUT2D eigenvalue weighted by molar-refractivity contribution is -0.0489. The average Bonchev–Trinajstić information content (AvgIpc) is 2.98. The Hall–Kier alpha value is -3.54. The number of amides is 1. The average molecular weight is 346 g/mol. The van der Waals surface area contributed by atoms with Crippen LogP contribution in [0.2, 0.25) is 0 Å². The predicted molar refractivity (Wildman–Crippen MR) is 81.8 cm³/mol. The van der Waals surface area contributed by atoms with Gasteiger partial charge in [0.15, 0.2) is 11.6 Å². The molecule has 9 heteroatoms. The first-order valence-electron chi connectivity index (χ1n) is 6.92. The zero-order valence-corrected chi connectivity index (χ0v) is 12.4. The maximum absolute atomic E-state index is 12.9. The first kappa shape index (κ1) is 16.3. The van der Waals surface area contributed by atoms with Crippen LogP contribution in [-0.4, -0.2) is 22.7 Å². The van der Waals surface area contributed by atoms with E-state index in [0.29, 0.717) is 0 Å². The highest BCUT2D eigenvalue weighted by atomic mass is 19.3. The first-order chi connectivity index (χ1) is 12.0. The molecule has 1 aromatic heterocycles. The summed E-state index contributed by atoms with van der Waals surface area (Å²) in [6.07, 6.45) is 0. The van der Waals surface area contributed by atoms with Gasteiger partial charge in [-0.3, -0.25) is 9.89 Å². The topological polar surface area (TPSA) is 90.8 Å². The van der Waals surface area contributed by atoms with E-state index in [2.05, 4.69) is 20.3 Å². The number of rotatable bonds is 4. The second-order valence-electron chi connectivity index (χ2n) is 4.92. The van der Waals surface area contributed by atoms with Crippen molar-refractivity contribution in [2.24, 2.45) is 0 Å². The molecule has 0 aliphatic rings. The van der Waals surface area contributed by atoms with Crippen molar-refractivity contribution < 1.29 is 22.7 Å². The summed E-state index contributed by atoms with van der Waals surface area (Å²) in [5.74, 6) is -1.30. The molecule has 6 nitrogen and oxygen atoms in total. The number of carbonyl (C=O) groups excluding carboxylic acids is 1. The van der Waals surface area contributed by atoms with E-state index in [4.69, 9.17) is 5.26 Å². The molecule has 0 aliphatic heterocycles. The van der Waals surface area contributed by atoms with Crippen molar-refractivity contribution in [1.82, 2.24) is 10.2 Å². The van der Waals surface area contributed by atoms with Crippen molar-refractivity contribution in [2.75, 3.05) is 5.32 Å². The van der Waals surface area contributed by atoms with Crippen LogP contribution in [-0.2, 0) is 0 Å². The van der Waals surface area contributed by atoms with Gasteiger partial charge in [0.25, 0.3) is 5.91 Å². The molecule has 1 amide bonds. The normalized spacial score (nSPS) is 10.7. The molecule has 0 aliphatic carbocycles. The third-order valence-corrected chi connectivity index (χ3v) is 3.32. The number of nitriles is 1. The molecule has 25 heavy (non-hydrogen) atoms. The van der Waals surface area contributed by atoms with Gasteiger partial charge < -0.3 is 10.1 Å². The number of nitrogens with one attached hydrogen (secondary N) is 2. The maximum Gasteiger partial charge on any atom is 0.387 e. The monoisotopic (exact) mass is 346 g/mol. The Labute approximate surface area is 138 Å². The molecule has 2 aromatic carbocycles. The van der Waals surface area contributed by atoms with Crippen LogP contribution in [0.3, 0.4) is 0 Å². The Kier molecular flexibility index (Phi) is 4.26. The second kappa shape index (κ2) is 6.52. The lowest BCUT2D eigenvalue weighted by Crippen LogP contribution is -2.12. The molecule has 0 atom stereocenters. The molecule has 126 valence electrons. The van der Waals surface area contributed by atoms with E-state index in [1.807, 2.05) is 6.07 Å². The standard InChI is InChI=1S/C16H9F3N4O2/c17-10-3-1-9(2-4-10)15(24)21-14-11-5-8(7-20)6-12(25-16(18)19)13(11)22-23-14/h1-6,16H,(H2,21,22,23,24). The largest absolute Gasteiger partial charge is 0.432 e. The number of hydrogen-bond donors (Lipinski definition) is 2. The summed E-state index contributed by atoms with van der Waals surface area (Å²) in [6, 6.07) is 9.15. The molecule has 0 saturated carbocycles. The Morgan fingerprint density at radius 2 is 2.00 bits per heavy atom. The Morgan fingerprint density at radius 3 is 2.64 bits per heavy atom. The number of H-pyrrole nitrogens is 1. The number of carbonyl (C=O) groups is 1. The number of benzene rings is 2. The first-order valence-corrected chi connectivity index (χ1v) is 6.92. The minimum atomic E-state index is -3.09. The van der Waals surface area contributed by atoms with Crippen molar-refractivity contribution in [3.63, 3.8) is 0 Å². The number of fused-ring (bicyclic) bond motifs is 1. The van der Waals surface area contributed by atoms with Crippen LogP contribution in [0.1, 0.15) is 15.9 Å². The molecule has 2 N–H and O–H groups in total. The van der Waals surface area contributed by atoms with E-state index in [9.17, 15) is 18.0 Å². The molecule has 0 spiro atoms. The van der Waals surface area contributed by atoms with Crippen LogP contribution in [0.4, 0.5) is 19.0 Å². The van der Waals surface area contributed by atoms with Crippen LogP contribution in [0, 0.1) is 17.1 Å². The Balaban J connectivity index is 1.98. The second-order valence-corrected chi connectivity index (χ2v) is 4.92. The third kappa shape index (κ3) is 3.37. The summed E-state index contributed by atoms with van der Waals surface area (Å²) in [4.78, 5) is 12.2. The van der Waals surface area contributed by atoms with E-state index in [-0.39, 0.29) is 33.6 Å². The number of alkyl halides is 2. The number of aromatic nitrogens is 2. The third-order valence-electron chi connectivity index (χ3n) is 3.32. The van der Waals surface area contributed by atoms with Gasteiger partial charge in [0, 0.05) is 17.0 Å². The van der Waals surface area contributed by atoms with E-state index in [1.165, 1.54) is 18.2 Å². The summed E-state index contributed by atoms with van der Waals surface area (Å²) >= 11 is 0. The molecular weight excluding hydrogens is 337 g/mol. The maximum atomic E-state index is 12.9. The van der Waals surface area contributed by atoms with Gasteiger partial charge in [0.05, 0.1) is 11.6 Å². The summed E-state index contributed by atoms with van der Waals surface area (Å²) in [6.45, 7) is -3.09. The van der Waals surface area contributed by atoms with Crippen molar-refractivity contribution in [3.8, 4) is 11.8 Å². The van der Waals surface area contributed by atoms with E-state index in [1.54, 1.807) is 0 Å². The fourth-order valence-electron chi connectivity index (χ4n) is 2.22. The predicted octanol–water partition coefficient (Wildman–Crippen LogP) is 3.43. The molecule has 0 bridgehead atoms. The van der Waals surface area contributed by atoms with Crippen LogP contribution in [0.5, 0.6) is 5.75 Å². The number of anilines is 1. The smallest absolute Gasteiger partial charge is 0.387 e. The van der Waals surface area contributed by atoms with Gasteiger partial charge in [-0.25, -0.2) is 4.39 Å². The van der Waals surface area contributed by atoms with Gasteiger partial charge in [0.1, 0.15) is 11.3 Å². The molecular formula is C16H9F3N4O2. The van der Waals surface area contributed by atoms with Gasteiger partial charge in [-0.05, 0) is 30.3 Å². The molecule has 3 rings (SSSR count). The molecule has 3 aromatic rings. The molecule has 0 saturated heterocycles. The number of nitrogens with zero attached hydrogens (tertiary/aromatic N) is 2. The van der Waals surface area contributed by atoms with E-state index >= 15 is 0 Å². The minimum absolute atomic E-state index is 0.0283. The van der Waals surface area contributed by atoms with Crippen molar-refractivity contribution in [2.45, 2.75) is 6.61 Å². The number of hydrogen-bond acceptors (Lipinski definition) is 4. The Morgan fingerprint density at radius 1 is 1.28 bits per heavy atom. The minimum Gasteiger partial charge on any atom is -0.432 e. The fraction of sp³-hybridized carbons (Fsp3) is 0.0625. The van der Waals surface area contributed by atoms with Crippen LogP contribution >= 0.6 is 0 Å². The summed E-state index contributed by atoms with van der Waals surface area (Å²) in [5, 5.41) is 18.1. The highest BCUT2D eigenvalue weighted by molar-refractivity contribution is 6.08. The zero-order valence-electron chi connectivity index (χ0n) is 12.4. The molecule has 0 unspecified atom stereocenters. The summed E-state index contributed by atoms with van der Waals surface area (Å²) < 4.78 is 42.3. The number of ether oxygens (including phenoxy) is 1. The fourth-order valence-corrected chi connectivity index (χ4v) is 2.22. The van der Waals surface area contributed by atoms with Gasteiger partial charge in [0.2, 0.25) is 0 Å². The SMILES string of the molecule is N#Cc1cc(OC(F)F)c2[nH]nc(NC(=O)c3ccc(F)cc3)c2c1. The van der Waals surface area contributed by atoms with Crippen LogP contribution in [0.25, 0.3) is 10.9 Å². The Bertz CT molecular complexity index is 977. The van der Waals surface area contributed by atoms with Crippen molar-refractivity contribution in [1.29, 1.82) is 5.26 Å². The van der Waals surface area contributed by atoms with Crippen molar-refractivity contribution in [3.05, 3.63) is 53.3 Å². The van der Waals surface area contributed by atoms with Gasteiger partial charge in [-0.15, -0.1) is 0 Å². The van der Waals surface area contributed by atoms with Crippen LogP contribution < -0.4 is 10.1 Å². The van der Waals surface area contributed by atoms with Gasteiger partial charge in [-0.2, -0.15) is 19.1 Å². The lowest BCUT2D eigenvalue weighted by Gasteiger charge is -2.06. The molecule has 0 fully saturated rings. The summed E-state index contributed by atoms with van der Waals surface area (Å²) in [5.41, 5.74) is 0.341. The van der Waals surface area contributed by atoms with Crippen molar-refractivity contribution >= 4 is 22.6 Å². The lowest BCUT2D eigenvalue weighted by atomic mass is 10.1.